The highest BCUT2D eigenvalue weighted by Crippen LogP contribution is 2.56. The van der Waals surface area contributed by atoms with Crippen LogP contribution in [0.4, 0.5) is 17.1 Å². The zero-order valence-corrected chi connectivity index (χ0v) is 37.7. The molecule has 0 bridgehead atoms. The van der Waals surface area contributed by atoms with Gasteiger partial charge in [0.2, 0.25) is 0 Å². The van der Waals surface area contributed by atoms with Crippen molar-refractivity contribution < 1.29 is 0 Å². The standard InChI is InChI=1S/C64H45NS/c1-63(45-18-5-3-6-19-45)55-27-13-9-23-49(55)51-38-34-43(40-57(51)63)42-32-36-47(37-33-42)65(60-30-17-26-54-53-25-12-16-31-61(53)66-62(54)60)59-29-15-11-22-48(59)44-35-39-52-50-24-10-14-28-56(50)64(2,58(52)41-44)46-20-7-4-8-21-46/h3-41H,1-2H3. The minimum Gasteiger partial charge on any atom is -0.308 e. The van der Waals surface area contributed by atoms with Crippen LogP contribution in [0.3, 0.4) is 0 Å². The molecule has 2 unspecified atom stereocenters. The first-order chi connectivity index (χ1) is 32.5. The second-order valence-corrected chi connectivity index (χ2v) is 19.3. The van der Waals surface area contributed by atoms with Crippen LogP contribution in [0.1, 0.15) is 47.2 Å². The van der Waals surface area contributed by atoms with Gasteiger partial charge in [0.05, 0.1) is 16.1 Å². The van der Waals surface area contributed by atoms with Crippen LogP contribution < -0.4 is 4.90 Å². The Labute approximate surface area is 390 Å². The van der Waals surface area contributed by atoms with Gasteiger partial charge in [-0.2, -0.15) is 0 Å². The van der Waals surface area contributed by atoms with Gasteiger partial charge in [0.15, 0.2) is 0 Å². The molecule has 2 aliphatic carbocycles. The first-order valence-corrected chi connectivity index (χ1v) is 23.8. The molecule has 1 aromatic heterocycles. The van der Waals surface area contributed by atoms with Crippen molar-refractivity contribution in [3.05, 3.63) is 270 Å². The summed E-state index contributed by atoms with van der Waals surface area (Å²) in [5, 5.41) is 2.57. The zero-order chi connectivity index (χ0) is 44.0. The highest BCUT2D eigenvalue weighted by atomic mass is 32.1. The fourth-order valence-electron chi connectivity index (χ4n) is 11.5. The topological polar surface area (TPSA) is 3.24 Å². The van der Waals surface area contributed by atoms with E-state index in [0.29, 0.717) is 0 Å². The summed E-state index contributed by atoms with van der Waals surface area (Å²) in [6.07, 6.45) is 0. The van der Waals surface area contributed by atoms with Crippen molar-refractivity contribution in [3.63, 3.8) is 0 Å². The zero-order valence-electron chi connectivity index (χ0n) is 36.9. The first kappa shape index (κ1) is 38.7. The molecule has 0 fully saturated rings. The van der Waals surface area contributed by atoms with Crippen molar-refractivity contribution in [1.82, 2.24) is 0 Å². The minimum atomic E-state index is -0.296. The molecule has 13 rings (SSSR count). The van der Waals surface area contributed by atoms with Crippen LogP contribution in [0, 0.1) is 0 Å². The maximum Gasteiger partial charge on any atom is 0.0640 e. The Morgan fingerprint density at radius 2 is 0.803 bits per heavy atom. The van der Waals surface area contributed by atoms with Crippen molar-refractivity contribution in [2.75, 3.05) is 4.90 Å². The average molecular weight is 860 g/mol. The number of thiophene rings is 1. The van der Waals surface area contributed by atoms with E-state index in [0.717, 1.165) is 11.4 Å². The Morgan fingerprint density at radius 1 is 0.333 bits per heavy atom. The van der Waals surface area contributed by atoms with Crippen molar-refractivity contribution in [3.8, 4) is 44.5 Å². The molecule has 0 aliphatic heterocycles. The van der Waals surface area contributed by atoms with Crippen LogP contribution in [0.5, 0.6) is 0 Å². The number of hydrogen-bond acceptors (Lipinski definition) is 2. The minimum absolute atomic E-state index is 0.258. The molecule has 312 valence electrons. The lowest BCUT2D eigenvalue weighted by molar-refractivity contribution is 0.714. The van der Waals surface area contributed by atoms with Crippen LogP contribution in [0.15, 0.2) is 237 Å². The van der Waals surface area contributed by atoms with Gasteiger partial charge in [0.25, 0.3) is 0 Å². The van der Waals surface area contributed by atoms with Crippen molar-refractivity contribution in [2.45, 2.75) is 24.7 Å². The van der Waals surface area contributed by atoms with Crippen LogP contribution in [-0.4, -0.2) is 0 Å². The summed E-state index contributed by atoms with van der Waals surface area (Å²) < 4.78 is 2.57. The summed E-state index contributed by atoms with van der Waals surface area (Å²) in [5.74, 6) is 0. The molecule has 10 aromatic carbocycles. The first-order valence-electron chi connectivity index (χ1n) is 23.0. The number of rotatable bonds is 7. The third-order valence-corrected chi connectivity index (χ3v) is 16.1. The maximum absolute atomic E-state index is 2.50. The number of fused-ring (bicyclic) bond motifs is 9. The second kappa shape index (κ2) is 14.9. The van der Waals surface area contributed by atoms with E-state index < -0.39 is 0 Å². The summed E-state index contributed by atoms with van der Waals surface area (Å²) in [4.78, 5) is 2.50. The van der Waals surface area contributed by atoms with Gasteiger partial charge in [-0.05, 0) is 129 Å². The number of para-hydroxylation sites is 1. The van der Waals surface area contributed by atoms with E-state index in [1.807, 2.05) is 11.3 Å². The lowest BCUT2D eigenvalue weighted by Gasteiger charge is -2.30. The average Bonchev–Trinajstić information content (AvgIpc) is 3.99. The van der Waals surface area contributed by atoms with E-state index >= 15 is 0 Å². The maximum atomic E-state index is 2.50. The molecule has 0 radical (unpaired) electrons. The lowest BCUT2D eigenvalue weighted by Crippen LogP contribution is -2.22. The number of nitrogens with zero attached hydrogens (tertiary/aromatic N) is 1. The number of benzene rings is 10. The predicted molar refractivity (Wildman–Crippen MR) is 280 cm³/mol. The fraction of sp³-hybridized carbons (Fsp3) is 0.0625. The van der Waals surface area contributed by atoms with E-state index in [4.69, 9.17) is 0 Å². The summed E-state index contributed by atoms with van der Waals surface area (Å²) in [5.41, 5.74) is 20.9. The van der Waals surface area contributed by atoms with Gasteiger partial charge in [-0.25, -0.2) is 0 Å². The van der Waals surface area contributed by atoms with Gasteiger partial charge in [0, 0.05) is 37.6 Å². The Kier molecular flexibility index (Phi) is 8.72. The van der Waals surface area contributed by atoms with Gasteiger partial charge >= 0.3 is 0 Å². The van der Waals surface area contributed by atoms with Gasteiger partial charge in [-0.3, -0.25) is 0 Å². The van der Waals surface area contributed by atoms with E-state index in [1.165, 1.54) is 104 Å². The molecule has 0 saturated carbocycles. The molecule has 0 amide bonds. The molecule has 0 spiro atoms. The Morgan fingerprint density at radius 3 is 1.45 bits per heavy atom. The molecule has 66 heavy (non-hydrogen) atoms. The smallest absolute Gasteiger partial charge is 0.0640 e. The van der Waals surface area contributed by atoms with Gasteiger partial charge in [0.1, 0.15) is 0 Å². The summed E-state index contributed by atoms with van der Waals surface area (Å²) in [6, 6.07) is 88.1. The Bertz CT molecular complexity index is 3680. The van der Waals surface area contributed by atoms with Gasteiger partial charge < -0.3 is 4.90 Å². The second-order valence-electron chi connectivity index (χ2n) is 18.2. The molecule has 0 saturated heterocycles. The summed E-state index contributed by atoms with van der Waals surface area (Å²) >= 11 is 1.88. The van der Waals surface area contributed by atoms with Crippen LogP contribution in [-0.2, 0) is 10.8 Å². The molecule has 1 nitrogen and oxygen atoms in total. The summed E-state index contributed by atoms with van der Waals surface area (Å²) in [7, 11) is 0. The lowest BCUT2D eigenvalue weighted by atomic mass is 9.74. The van der Waals surface area contributed by atoms with Gasteiger partial charge in [-0.1, -0.05) is 194 Å². The highest BCUT2D eigenvalue weighted by Gasteiger charge is 2.42. The molecule has 0 N–H and O–H groups in total. The molecule has 1 heterocycles. The van der Waals surface area contributed by atoms with E-state index in [9.17, 15) is 0 Å². The Balaban J connectivity index is 0.971. The molecular weight excluding hydrogens is 815 g/mol. The summed E-state index contributed by atoms with van der Waals surface area (Å²) in [6.45, 7) is 4.80. The van der Waals surface area contributed by atoms with Crippen LogP contribution >= 0.6 is 11.3 Å². The van der Waals surface area contributed by atoms with E-state index in [-0.39, 0.29) is 10.8 Å². The van der Waals surface area contributed by atoms with E-state index in [1.54, 1.807) is 0 Å². The molecule has 2 aliphatic rings. The quantitative estimate of drug-likeness (QED) is 0.154. The Hall–Kier alpha value is -7.78. The van der Waals surface area contributed by atoms with Gasteiger partial charge in [-0.15, -0.1) is 11.3 Å². The molecule has 2 atom stereocenters. The number of hydrogen-bond donors (Lipinski definition) is 0. The molecule has 11 aromatic rings. The SMILES string of the molecule is CC1(c2ccccc2)c2ccccc2-c2ccc(-c3ccc(N(c4ccccc4-c4ccc5c(c4)C(C)(c4ccccc4)c4ccccc4-5)c4cccc5c4sc4ccccc45)cc3)cc21. The van der Waals surface area contributed by atoms with Crippen LogP contribution in [0.25, 0.3) is 64.7 Å². The van der Waals surface area contributed by atoms with Crippen molar-refractivity contribution >= 4 is 48.6 Å². The third-order valence-electron chi connectivity index (χ3n) is 14.9. The predicted octanol–water partition coefficient (Wildman–Crippen LogP) is 17.5. The highest BCUT2D eigenvalue weighted by molar-refractivity contribution is 7.26. The fourth-order valence-corrected chi connectivity index (χ4v) is 12.7. The number of anilines is 3. The van der Waals surface area contributed by atoms with E-state index in [2.05, 4.69) is 255 Å². The molecule has 2 heteroatoms. The largest absolute Gasteiger partial charge is 0.308 e. The van der Waals surface area contributed by atoms with Crippen molar-refractivity contribution in [2.24, 2.45) is 0 Å². The van der Waals surface area contributed by atoms with Crippen molar-refractivity contribution in [1.29, 1.82) is 0 Å². The monoisotopic (exact) mass is 859 g/mol. The van der Waals surface area contributed by atoms with Crippen LogP contribution in [0.2, 0.25) is 0 Å². The normalized spacial score (nSPS) is 16.8. The third kappa shape index (κ3) is 5.65. The molecular formula is C64H45NS.